The second-order valence-electron chi connectivity index (χ2n) is 12.3. The first kappa shape index (κ1) is 32.9. The number of hydrogen-bond donors (Lipinski definition) is 0. The predicted molar refractivity (Wildman–Crippen MR) is 154 cm³/mol. The number of rotatable bonds is 19. The smallest absolute Gasteiger partial charge is 0.314 e. The van der Waals surface area contributed by atoms with E-state index in [2.05, 4.69) is 78.9 Å². The van der Waals surface area contributed by atoms with Gasteiger partial charge in [-0.05, 0) is 78.1 Å². The SMILES string of the molecule is [CH2]CCCCCCCCCCC[Si](C)(C)O[Si](C)(C)O[Si](C)(C)O[Si](C)(C)O[Si](C)(C)C. The minimum Gasteiger partial charge on any atom is -0.437 e. The van der Waals surface area contributed by atoms with Gasteiger partial charge in [0, 0.05) is 0 Å². The number of unbranched alkanes of at least 4 members (excludes halogenated alkanes) is 9. The summed E-state index contributed by atoms with van der Waals surface area (Å²) in [7, 11) is -10.2. The zero-order chi connectivity index (χ0) is 25.1. The van der Waals surface area contributed by atoms with Gasteiger partial charge in [0.05, 0.1) is 0 Å². The summed E-state index contributed by atoms with van der Waals surface area (Å²) < 4.78 is 26.3. The molecule has 0 fully saturated rings. The average molecular weight is 538 g/mol. The van der Waals surface area contributed by atoms with Crippen molar-refractivity contribution >= 4 is 42.3 Å². The molecular formula is C23H57O4Si5. The molecule has 32 heavy (non-hydrogen) atoms. The van der Waals surface area contributed by atoms with Crippen LogP contribution in [0.5, 0.6) is 0 Å². The monoisotopic (exact) mass is 537 g/mol. The summed E-state index contributed by atoms with van der Waals surface area (Å²) in [6.45, 7) is 28.3. The highest BCUT2D eigenvalue weighted by molar-refractivity contribution is 6.90. The molecule has 0 rings (SSSR count). The van der Waals surface area contributed by atoms with Crippen molar-refractivity contribution < 1.29 is 16.5 Å². The molecule has 0 aliphatic heterocycles. The van der Waals surface area contributed by atoms with Gasteiger partial charge in [-0.25, -0.2) is 0 Å². The quantitative estimate of drug-likeness (QED) is 0.122. The minimum atomic E-state index is -2.32. The van der Waals surface area contributed by atoms with Crippen LogP contribution in [0.2, 0.25) is 78.1 Å². The van der Waals surface area contributed by atoms with E-state index in [9.17, 15) is 0 Å². The van der Waals surface area contributed by atoms with E-state index in [-0.39, 0.29) is 0 Å². The summed E-state index contributed by atoms with van der Waals surface area (Å²) in [5.41, 5.74) is 0. The van der Waals surface area contributed by atoms with Crippen molar-refractivity contribution in [3.8, 4) is 0 Å². The van der Waals surface area contributed by atoms with Crippen LogP contribution >= 0.6 is 0 Å². The Bertz CT molecular complexity index is 505. The van der Waals surface area contributed by atoms with Crippen molar-refractivity contribution in [2.45, 2.75) is 142 Å². The Morgan fingerprint density at radius 1 is 0.438 bits per heavy atom. The van der Waals surface area contributed by atoms with Gasteiger partial charge in [-0.15, -0.1) is 0 Å². The molecule has 9 heteroatoms. The predicted octanol–water partition coefficient (Wildman–Crippen LogP) is 8.93. The van der Waals surface area contributed by atoms with Gasteiger partial charge < -0.3 is 16.5 Å². The summed E-state index contributed by atoms with van der Waals surface area (Å²) in [6.07, 6.45) is 13.3. The molecule has 0 aromatic heterocycles. The summed E-state index contributed by atoms with van der Waals surface area (Å²) >= 11 is 0. The van der Waals surface area contributed by atoms with Gasteiger partial charge in [0.25, 0.3) is 0 Å². The van der Waals surface area contributed by atoms with E-state index in [0.717, 1.165) is 6.42 Å². The normalized spacial score (nSPS) is 14.2. The van der Waals surface area contributed by atoms with Gasteiger partial charge in [-0.3, -0.25) is 0 Å². The van der Waals surface area contributed by atoms with E-state index in [0.29, 0.717) is 0 Å². The highest BCUT2D eigenvalue weighted by atomic mass is 28.5. The molecule has 0 aromatic carbocycles. The molecular weight excluding hydrogens is 481 g/mol. The fourth-order valence-electron chi connectivity index (χ4n) is 4.67. The van der Waals surface area contributed by atoms with Crippen molar-refractivity contribution in [1.29, 1.82) is 0 Å². The molecule has 0 saturated heterocycles. The molecule has 0 amide bonds. The van der Waals surface area contributed by atoms with Crippen LogP contribution in [0.15, 0.2) is 0 Å². The van der Waals surface area contributed by atoms with E-state index < -0.39 is 42.3 Å². The standard InChI is InChI=1S/C23H57O4Si5/c1-13-14-15-16-17-18-19-20-21-22-23-29(5,6)25-31(9,10)27-32(11,12)26-30(7,8)24-28(2,3)4/h1,13-23H2,2-12H3. The van der Waals surface area contributed by atoms with Gasteiger partial charge in [0.15, 0.2) is 16.6 Å². The zero-order valence-corrected chi connectivity index (χ0v) is 28.6. The Labute approximate surface area is 207 Å². The lowest BCUT2D eigenvalue weighted by Crippen LogP contribution is -2.58. The van der Waals surface area contributed by atoms with Gasteiger partial charge in [-0.1, -0.05) is 71.1 Å². The highest BCUT2D eigenvalue weighted by Crippen LogP contribution is 2.28. The van der Waals surface area contributed by atoms with E-state index in [1.165, 1.54) is 63.8 Å². The molecule has 0 spiro atoms. The molecule has 0 aliphatic rings. The Morgan fingerprint density at radius 3 is 1.19 bits per heavy atom. The van der Waals surface area contributed by atoms with Crippen LogP contribution < -0.4 is 0 Å². The largest absolute Gasteiger partial charge is 0.437 e. The summed E-state index contributed by atoms with van der Waals surface area (Å²) in [6, 6.07) is 1.22. The van der Waals surface area contributed by atoms with E-state index in [1.807, 2.05) is 0 Å². The minimum absolute atomic E-state index is 1.09. The first-order valence-electron chi connectivity index (χ1n) is 13.0. The van der Waals surface area contributed by atoms with Crippen LogP contribution in [0.4, 0.5) is 0 Å². The van der Waals surface area contributed by atoms with Crippen LogP contribution in [0, 0.1) is 6.92 Å². The molecule has 1 radical (unpaired) electrons. The van der Waals surface area contributed by atoms with Crippen LogP contribution in [-0.2, 0) is 16.5 Å². The third-order valence-corrected chi connectivity index (χ3v) is 23.1. The Hall–Kier alpha value is 0.924. The lowest BCUT2D eigenvalue weighted by Gasteiger charge is -2.42. The number of hydrogen-bond acceptors (Lipinski definition) is 4. The first-order valence-corrected chi connectivity index (χ1v) is 28.0. The third-order valence-electron chi connectivity index (χ3n) is 5.09. The molecule has 0 aromatic rings. The second kappa shape index (κ2) is 14.5. The molecule has 0 unspecified atom stereocenters. The van der Waals surface area contributed by atoms with E-state index >= 15 is 0 Å². The maximum absolute atomic E-state index is 6.75. The summed E-state index contributed by atoms with van der Waals surface area (Å²) in [5.74, 6) is 0. The lowest BCUT2D eigenvalue weighted by molar-refractivity contribution is 0.299. The maximum Gasteiger partial charge on any atom is 0.314 e. The van der Waals surface area contributed by atoms with Crippen LogP contribution in [0.3, 0.4) is 0 Å². The van der Waals surface area contributed by atoms with Gasteiger partial charge >= 0.3 is 25.7 Å². The van der Waals surface area contributed by atoms with E-state index in [4.69, 9.17) is 16.5 Å². The van der Waals surface area contributed by atoms with E-state index in [1.54, 1.807) is 0 Å². The molecule has 193 valence electrons. The van der Waals surface area contributed by atoms with Crippen molar-refractivity contribution in [2.75, 3.05) is 0 Å². The molecule has 0 N–H and O–H groups in total. The molecule has 4 nitrogen and oxygen atoms in total. The van der Waals surface area contributed by atoms with Crippen LogP contribution in [-0.4, -0.2) is 42.3 Å². The molecule has 0 atom stereocenters. The fourth-order valence-corrected chi connectivity index (χ4v) is 28.5. The van der Waals surface area contributed by atoms with Crippen LogP contribution in [0.25, 0.3) is 0 Å². The van der Waals surface area contributed by atoms with Crippen molar-refractivity contribution in [3.05, 3.63) is 6.92 Å². The molecule has 0 heterocycles. The molecule has 0 saturated carbocycles. The van der Waals surface area contributed by atoms with Gasteiger partial charge in [0.2, 0.25) is 0 Å². The Balaban J connectivity index is 4.37. The highest BCUT2D eigenvalue weighted by Gasteiger charge is 2.44. The Morgan fingerprint density at radius 2 is 0.781 bits per heavy atom. The Kier molecular flexibility index (Phi) is 14.9. The summed E-state index contributed by atoms with van der Waals surface area (Å²) in [5, 5.41) is 0. The van der Waals surface area contributed by atoms with Gasteiger partial charge in [-0.2, -0.15) is 0 Å². The maximum atomic E-state index is 6.75. The topological polar surface area (TPSA) is 36.9 Å². The average Bonchev–Trinajstić information content (AvgIpc) is 2.50. The zero-order valence-electron chi connectivity index (χ0n) is 23.6. The second-order valence-corrected chi connectivity index (χ2v) is 32.2. The third kappa shape index (κ3) is 19.3. The van der Waals surface area contributed by atoms with Gasteiger partial charge in [0.1, 0.15) is 0 Å². The van der Waals surface area contributed by atoms with Crippen molar-refractivity contribution in [2.24, 2.45) is 0 Å². The van der Waals surface area contributed by atoms with Crippen molar-refractivity contribution in [1.82, 2.24) is 0 Å². The fraction of sp³-hybridized carbons (Fsp3) is 0.957. The molecule has 0 aliphatic carbocycles. The first-order chi connectivity index (χ1) is 14.4. The van der Waals surface area contributed by atoms with Crippen LogP contribution in [0.1, 0.15) is 64.2 Å². The van der Waals surface area contributed by atoms with Crippen molar-refractivity contribution in [3.63, 3.8) is 0 Å². The summed E-state index contributed by atoms with van der Waals surface area (Å²) in [4.78, 5) is 0. The lowest BCUT2D eigenvalue weighted by atomic mass is 10.1. The molecule has 0 bridgehead atoms.